The molecule has 0 radical (unpaired) electrons. The molecule has 2 unspecified atom stereocenters. The zero-order chi connectivity index (χ0) is 22.9. The summed E-state index contributed by atoms with van der Waals surface area (Å²) in [5, 5.41) is 2.80. The molecule has 32 heavy (non-hydrogen) atoms. The first-order valence-electron chi connectivity index (χ1n) is 10.3. The Kier molecular flexibility index (Phi) is 5.99. The molecule has 0 aliphatic carbocycles. The maximum absolute atomic E-state index is 13.5. The number of carbonyl (C=O) groups excluding carboxylic acids is 1. The number of rotatable bonds is 8. The van der Waals surface area contributed by atoms with Crippen molar-refractivity contribution in [1.29, 1.82) is 0 Å². The Hall–Kier alpha value is -3.23. The third kappa shape index (κ3) is 5.15. The standard InChI is InChI=1S/C23H23F3N2O4/c1-13(2)7-21(22(29)28-10-14-3-6-19-20(8-14)31-12-30-19)32-15-4-5-16(18-11-27-18)17(9-15)23(24,25)26/h3-6,8-9,11,13,18,21H,7,10,12H2,1-2H3,(H,28,29). The summed E-state index contributed by atoms with van der Waals surface area (Å²) in [6.07, 6.45) is -3.68. The van der Waals surface area contributed by atoms with Crippen molar-refractivity contribution in [2.24, 2.45) is 10.9 Å². The molecule has 0 saturated carbocycles. The van der Waals surface area contributed by atoms with E-state index < -0.39 is 29.8 Å². The number of nitrogens with one attached hydrogen (secondary N) is 1. The predicted molar refractivity (Wildman–Crippen MR) is 111 cm³/mol. The van der Waals surface area contributed by atoms with Crippen LogP contribution in [0.25, 0.3) is 0 Å². The second-order valence-corrected chi connectivity index (χ2v) is 8.13. The number of ether oxygens (including phenoxy) is 3. The lowest BCUT2D eigenvalue weighted by Crippen LogP contribution is -2.39. The molecule has 170 valence electrons. The van der Waals surface area contributed by atoms with Crippen molar-refractivity contribution in [3.8, 4) is 17.2 Å². The summed E-state index contributed by atoms with van der Waals surface area (Å²) in [6.45, 7) is 4.20. The summed E-state index contributed by atoms with van der Waals surface area (Å²) in [5.41, 5.74) is 0.0816. The summed E-state index contributed by atoms with van der Waals surface area (Å²) < 4.78 is 56.9. The van der Waals surface area contributed by atoms with Crippen LogP contribution in [0.4, 0.5) is 13.2 Å². The van der Waals surface area contributed by atoms with Crippen molar-refractivity contribution in [3.63, 3.8) is 0 Å². The smallest absolute Gasteiger partial charge is 0.416 e. The van der Waals surface area contributed by atoms with Crippen molar-refractivity contribution in [2.45, 2.75) is 45.1 Å². The van der Waals surface area contributed by atoms with Gasteiger partial charge in [0.25, 0.3) is 5.91 Å². The molecule has 6 nitrogen and oxygen atoms in total. The van der Waals surface area contributed by atoms with Crippen LogP contribution in [0.3, 0.4) is 0 Å². The highest BCUT2D eigenvalue weighted by atomic mass is 19.4. The zero-order valence-corrected chi connectivity index (χ0v) is 17.6. The average Bonchev–Trinajstić information content (AvgIpc) is 3.47. The number of alkyl halides is 3. The van der Waals surface area contributed by atoms with Gasteiger partial charge < -0.3 is 19.5 Å². The Bertz CT molecular complexity index is 1030. The van der Waals surface area contributed by atoms with E-state index in [-0.39, 0.29) is 30.6 Å². The minimum absolute atomic E-state index is 0.00870. The Labute approximate surface area is 183 Å². The largest absolute Gasteiger partial charge is 0.481 e. The summed E-state index contributed by atoms with van der Waals surface area (Å²) >= 11 is 0. The fraction of sp³-hybridized carbons (Fsp3) is 0.391. The van der Waals surface area contributed by atoms with Gasteiger partial charge in [-0.25, -0.2) is 0 Å². The predicted octanol–water partition coefficient (Wildman–Crippen LogP) is 4.67. The zero-order valence-electron chi connectivity index (χ0n) is 17.6. The quantitative estimate of drug-likeness (QED) is 0.637. The minimum atomic E-state index is -4.55. The number of carbonyl (C=O) groups is 1. The third-order valence-electron chi connectivity index (χ3n) is 5.11. The number of nitrogens with zero attached hydrogens (tertiary/aromatic N) is 1. The maximum atomic E-state index is 13.5. The molecule has 2 heterocycles. The number of hydrogen-bond acceptors (Lipinski definition) is 5. The Morgan fingerprint density at radius 1 is 1.19 bits per heavy atom. The van der Waals surface area contributed by atoms with E-state index in [1.807, 2.05) is 13.8 Å². The normalized spacial score (nSPS) is 17.4. The number of fused-ring (bicyclic) bond motifs is 1. The average molecular weight is 448 g/mol. The third-order valence-corrected chi connectivity index (χ3v) is 5.11. The molecule has 2 aliphatic heterocycles. The second-order valence-electron chi connectivity index (χ2n) is 8.13. The van der Waals surface area contributed by atoms with Gasteiger partial charge in [0.15, 0.2) is 17.6 Å². The molecule has 2 aromatic rings. The molecule has 4 rings (SSSR count). The Balaban J connectivity index is 1.46. The van der Waals surface area contributed by atoms with Gasteiger partial charge in [0, 0.05) is 12.8 Å². The number of benzene rings is 2. The van der Waals surface area contributed by atoms with E-state index in [4.69, 9.17) is 14.2 Å². The first-order valence-corrected chi connectivity index (χ1v) is 10.3. The van der Waals surface area contributed by atoms with Crippen LogP contribution in [-0.4, -0.2) is 25.0 Å². The van der Waals surface area contributed by atoms with E-state index in [0.29, 0.717) is 17.9 Å². The molecular weight excluding hydrogens is 425 g/mol. The van der Waals surface area contributed by atoms with Crippen molar-refractivity contribution in [1.82, 2.24) is 5.32 Å². The fourth-order valence-corrected chi connectivity index (χ4v) is 3.47. The van der Waals surface area contributed by atoms with E-state index in [1.54, 1.807) is 18.2 Å². The fourth-order valence-electron chi connectivity index (χ4n) is 3.47. The highest BCUT2D eigenvalue weighted by Crippen LogP contribution is 2.40. The van der Waals surface area contributed by atoms with Gasteiger partial charge in [0.1, 0.15) is 11.8 Å². The van der Waals surface area contributed by atoms with Crippen molar-refractivity contribution < 1.29 is 32.2 Å². The molecule has 0 aromatic heterocycles. The first-order chi connectivity index (χ1) is 15.2. The molecule has 0 spiro atoms. The molecule has 0 saturated heterocycles. The maximum Gasteiger partial charge on any atom is 0.416 e. The molecule has 2 atom stereocenters. The van der Waals surface area contributed by atoms with Crippen molar-refractivity contribution in [3.05, 3.63) is 53.1 Å². The van der Waals surface area contributed by atoms with E-state index in [0.717, 1.165) is 11.6 Å². The Morgan fingerprint density at radius 3 is 2.62 bits per heavy atom. The van der Waals surface area contributed by atoms with Crippen molar-refractivity contribution >= 4 is 12.1 Å². The van der Waals surface area contributed by atoms with Gasteiger partial charge in [-0.05, 0) is 47.7 Å². The van der Waals surface area contributed by atoms with Crippen LogP contribution in [0, 0.1) is 5.92 Å². The summed E-state index contributed by atoms with van der Waals surface area (Å²) in [6, 6.07) is 8.54. The lowest BCUT2D eigenvalue weighted by Gasteiger charge is -2.22. The monoisotopic (exact) mass is 448 g/mol. The van der Waals surface area contributed by atoms with Crippen LogP contribution in [-0.2, 0) is 17.5 Å². The highest BCUT2D eigenvalue weighted by Gasteiger charge is 2.37. The minimum Gasteiger partial charge on any atom is -0.481 e. The van der Waals surface area contributed by atoms with Crippen LogP contribution in [0.2, 0.25) is 0 Å². The van der Waals surface area contributed by atoms with Crippen LogP contribution in [0.5, 0.6) is 17.2 Å². The van der Waals surface area contributed by atoms with Gasteiger partial charge in [0.2, 0.25) is 6.79 Å². The number of aliphatic imine (C=N–C) groups is 1. The SMILES string of the molecule is CC(C)CC(Oc1ccc(C2C=N2)c(C(F)(F)F)c1)C(=O)NCc1ccc2c(c1)OCO2. The van der Waals surface area contributed by atoms with E-state index >= 15 is 0 Å². The molecule has 0 bridgehead atoms. The topological polar surface area (TPSA) is 69.2 Å². The summed E-state index contributed by atoms with van der Waals surface area (Å²) in [7, 11) is 0. The summed E-state index contributed by atoms with van der Waals surface area (Å²) in [4.78, 5) is 16.7. The lowest BCUT2D eigenvalue weighted by atomic mass is 10.0. The highest BCUT2D eigenvalue weighted by molar-refractivity contribution is 5.82. The van der Waals surface area contributed by atoms with Crippen LogP contribution in [0.15, 0.2) is 41.4 Å². The molecule has 1 amide bonds. The van der Waals surface area contributed by atoms with Gasteiger partial charge >= 0.3 is 6.18 Å². The van der Waals surface area contributed by atoms with E-state index in [2.05, 4.69) is 10.3 Å². The van der Waals surface area contributed by atoms with Gasteiger partial charge in [-0.2, -0.15) is 13.2 Å². The Morgan fingerprint density at radius 2 is 1.94 bits per heavy atom. The first kappa shape index (κ1) is 22.0. The van der Waals surface area contributed by atoms with Gasteiger partial charge in [-0.3, -0.25) is 9.79 Å². The lowest BCUT2D eigenvalue weighted by molar-refractivity contribution is -0.138. The number of amides is 1. The number of halogens is 3. The van der Waals surface area contributed by atoms with Gasteiger partial charge in [-0.1, -0.05) is 26.0 Å². The van der Waals surface area contributed by atoms with Gasteiger partial charge in [0.05, 0.1) is 5.56 Å². The van der Waals surface area contributed by atoms with Crippen LogP contribution in [0.1, 0.15) is 43.0 Å². The number of hydrogen-bond donors (Lipinski definition) is 1. The van der Waals surface area contributed by atoms with Crippen molar-refractivity contribution in [2.75, 3.05) is 6.79 Å². The molecule has 2 aliphatic rings. The second kappa shape index (κ2) is 8.72. The summed E-state index contributed by atoms with van der Waals surface area (Å²) in [5.74, 6) is 0.926. The molecule has 9 heteroatoms. The van der Waals surface area contributed by atoms with Gasteiger partial charge in [-0.15, -0.1) is 0 Å². The molecule has 1 N–H and O–H groups in total. The van der Waals surface area contributed by atoms with Crippen LogP contribution < -0.4 is 19.5 Å². The molecule has 0 fully saturated rings. The van der Waals surface area contributed by atoms with Crippen LogP contribution >= 0.6 is 0 Å². The molecule has 2 aromatic carbocycles. The van der Waals surface area contributed by atoms with E-state index in [1.165, 1.54) is 18.3 Å². The van der Waals surface area contributed by atoms with E-state index in [9.17, 15) is 18.0 Å². The molecular formula is C23H23F3N2O4.